The third kappa shape index (κ3) is 6.24. The largest absolute Gasteiger partial charge is 0.379 e. The van der Waals surface area contributed by atoms with E-state index < -0.39 is 5.60 Å². The molecule has 0 aliphatic rings. The molecule has 0 amide bonds. The number of rotatable bonds is 6. The molecule has 0 aromatic heterocycles. The quantitative estimate of drug-likeness (QED) is 0.786. The molecule has 3 N–H and O–H groups in total. The van der Waals surface area contributed by atoms with E-state index >= 15 is 0 Å². The highest BCUT2D eigenvalue weighted by molar-refractivity contribution is 5.38. The van der Waals surface area contributed by atoms with Crippen LogP contribution in [-0.4, -0.2) is 23.4 Å². The first-order valence-electron chi connectivity index (χ1n) is 9.44. The molecule has 3 nitrogen and oxygen atoms in total. The van der Waals surface area contributed by atoms with Gasteiger partial charge < -0.3 is 15.6 Å². The van der Waals surface area contributed by atoms with Crippen LogP contribution in [0.2, 0.25) is 0 Å². The second-order valence-corrected chi connectivity index (χ2v) is 7.50. The van der Waals surface area contributed by atoms with Crippen molar-refractivity contribution < 1.29 is 9.84 Å². The minimum absolute atomic E-state index is 0.172. The van der Waals surface area contributed by atoms with Gasteiger partial charge in [0.05, 0.1) is 12.2 Å². The van der Waals surface area contributed by atoms with Gasteiger partial charge in [-0.1, -0.05) is 74.5 Å². The second kappa shape index (κ2) is 10.5. The Morgan fingerprint density at radius 2 is 1.08 bits per heavy atom. The lowest BCUT2D eigenvalue weighted by atomic mass is 9.76. The highest BCUT2D eigenvalue weighted by Crippen LogP contribution is 2.34. The van der Waals surface area contributed by atoms with Gasteiger partial charge in [0.1, 0.15) is 5.60 Å². The summed E-state index contributed by atoms with van der Waals surface area (Å²) in [6.07, 6.45) is 0.750. The van der Waals surface area contributed by atoms with Crippen LogP contribution in [0.4, 0.5) is 0 Å². The lowest BCUT2D eigenvalue weighted by molar-refractivity contribution is 0.0300. The van der Waals surface area contributed by atoms with Gasteiger partial charge in [-0.25, -0.2) is 0 Å². The molecule has 2 rings (SSSR count). The molecule has 144 valence electrons. The van der Waals surface area contributed by atoms with Crippen molar-refractivity contribution in [2.24, 2.45) is 11.7 Å². The SMILES string of the molecule is CC(C)OC(C)C.CC(C)[C@H](N)C(O)(c1ccccc1)c1ccccc1. The van der Waals surface area contributed by atoms with Gasteiger partial charge in [-0.3, -0.25) is 0 Å². The van der Waals surface area contributed by atoms with Crippen LogP contribution >= 0.6 is 0 Å². The molecule has 0 bridgehead atoms. The smallest absolute Gasteiger partial charge is 0.130 e. The third-order valence-electron chi connectivity index (χ3n) is 4.17. The first-order valence-corrected chi connectivity index (χ1v) is 9.44. The number of nitrogens with two attached hydrogens (primary N) is 1. The molecular weight excluding hydrogens is 322 g/mol. The van der Waals surface area contributed by atoms with Crippen LogP contribution in [0.15, 0.2) is 60.7 Å². The molecule has 0 aliphatic carbocycles. The average molecular weight is 358 g/mol. The van der Waals surface area contributed by atoms with E-state index in [4.69, 9.17) is 10.5 Å². The molecule has 0 saturated carbocycles. The maximum Gasteiger partial charge on any atom is 0.130 e. The zero-order chi connectivity index (χ0) is 19.7. The first-order chi connectivity index (χ1) is 12.2. The van der Waals surface area contributed by atoms with Gasteiger partial charge in [0, 0.05) is 6.04 Å². The Kier molecular flexibility index (Phi) is 9.00. The van der Waals surface area contributed by atoms with E-state index in [1.54, 1.807) is 0 Å². The Balaban J connectivity index is 0.000000412. The summed E-state index contributed by atoms with van der Waals surface area (Å²) >= 11 is 0. The predicted molar refractivity (Wildman–Crippen MR) is 110 cm³/mol. The molecule has 0 unspecified atom stereocenters. The lowest BCUT2D eigenvalue weighted by Crippen LogP contribution is -2.49. The van der Waals surface area contributed by atoms with Gasteiger partial charge in [0.15, 0.2) is 0 Å². The van der Waals surface area contributed by atoms with E-state index in [0.717, 1.165) is 11.1 Å². The Hall–Kier alpha value is -1.68. The summed E-state index contributed by atoms with van der Waals surface area (Å²) in [4.78, 5) is 0. The number of aliphatic hydroxyl groups is 1. The van der Waals surface area contributed by atoms with Crippen molar-refractivity contribution in [3.05, 3.63) is 71.8 Å². The van der Waals surface area contributed by atoms with Gasteiger partial charge in [0.25, 0.3) is 0 Å². The van der Waals surface area contributed by atoms with Crippen LogP contribution in [0.5, 0.6) is 0 Å². The zero-order valence-electron chi connectivity index (χ0n) is 17.0. The molecule has 0 heterocycles. The monoisotopic (exact) mass is 357 g/mol. The average Bonchev–Trinajstić information content (AvgIpc) is 2.61. The summed E-state index contributed by atoms with van der Waals surface area (Å²) in [7, 11) is 0. The molecular formula is C23H35NO2. The maximum atomic E-state index is 11.3. The molecule has 2 aromatic rings. The minimum Gasteiger partial charge on any atom is -0.379 e. The van der Waals surface area contributed by atoms with E-state index in [1.165, 1.54) is 0 Å². The minimum atomic E-state index is -1.16. The van der Waals surface area contributed by atoms with Crippen molar-refractivity contribution >= 4 is 0 Å². The highest BCUT2D eigenvalue weighted by Gasteiger charge is 2.39. The first kappa shape index (κ1) is 22.4. The molecule has 0 spiro atoms. The molecule has 0 fully saturated rings. The lowest BCUT2D eigenvalue weighted by Gasteiger charge is -2.37. The Bertz CT molecular complexity index is 563. The van der Waals surface area contributed by atoms with Crippen LogP contribution < -0.4 is 5.73 Å². The summed E-state index contributed by atoms with van der Waals surface area (Å²) < 4.78 is 5.25. The summed E-state index contributed by atoms with van der Waals surface area (Å²) in [5, 5.41) is 11.3. The molecule has 0 saturated heterocycles. The molecule has 3 heteroatoms. The van der Waals surface area contributed by atoms with Crippen LogP contribution in [0.3, 0.4) is 0 Å². The highest BCUT2D eigenvalue weighted by atomic mass is 16.5. The molecule has 0 radical (unpaired) electrons. The third-order valence-corrected chi connectivity index (χ3v) is 4.17. The summed E-state index contributed by atoms with van der Waals surface area (Å²) in [6, 6.07) is 18.9. The number of hydrogen-bond acceptors (Lipinski definition) is 3. The number of benzene rings is 2. The van der Waals surface area contributed by atoms with Gasteiger partial charge in [0.2, 0.25) is 0 Å². The van der Waals surface area contributed by atoms with Gasteiger partial charge in [-0.15, -0.1) is 0 Å². The van der Waals surface area contributed by atoms with Crippen LogP contribution in [0, 0.1) is 5.92 Å². The topological polar surface area (TPSA) is 55.5 Å². The predicted octanol–water partition coefficient (Wildman–Crippen LogP) is 4.73. The molecule has 1 atom stereocenters. The van der Waals surface area contributed by atoms with Crippen molar-refractivity contribution in [3.63, 3.8) is 0 Å². The fraction of sp³-hybridized carbons (Fsp3) is 0.478. The molecule has 26 heavy (non-hydrogen) atoms. The van der Waals surface area contributed by atoms with Crippen molar-refractivity contribution in [1.82, 2.24) is 0 Å². The van der Waals surface area contributed by atoms with Crippen molar-refractivity contribution in [2.45, 2.75) is 65.4 Å². The number of ether oxygens (including phenoxy) is 1. The fourth-order valence-corrected chi connectivity index (χ4v) is 2.96. The standard InChI is InChI=1S/C17H21NO.C6H14O/c1-13(2)16(18)17(19,14-9-5-3-6-10-14)15-11-7-4-8-12-15;1-5(2)7-6(3)4/h3-13,16,19H,18H2,1-2H3;5-6H,1-4H3/t16-;/m0./s1. The van der Waals surface area contributed by atoms with Crippen molar-refractivity contribution in [2.75, 3.05) is 0 Å². The van der Waals surface area contributed by atoms with Crippen molar-refractivity contribution in [1.29, 1.82) is 0 Å². The van der Waals surface area contributed by atoms with Gasteiger partial charge in [-0.2, -0.15) is 0 Å². The summed E-state index contributed by atoms with van der Waals surface area (Å²) in [6.45, 7) is 12.2. The Labute approximate surface area is 159 Å². The second-order valence-electron chi connectivity index (χ2n) is 7.50. The van der Waals surface area contributed by atoms with E-state index in [1.807, 2.05) is 102 Å². The normalized spacial score (nSPS) is 12.9. The summed E-state index contributed by atoms with van der Waals surface area (Å²) in [5.41, 5.74) is 6.82. The Morgan fingerprint density at radius 3 is 1.31 bits per heavy atom. The van der Waals surface area contributed by atoms with Crippen LogP contribution in [0.1, 0.15) is 52.7 Å². The fourth-order valence-electron chi connectivity index (χ4n) is 2.96. The van der Waals surface area contributed by atoms with Crippen molar-refractivity contribution in [3.8, 4) is 0 Å². The van der Waals surface area contributed by atoms with Crippen LogP contribution in [-0.2, 0) is 10.3 Å². The van der Waals surface area contributed by atoms with Crippen LogP contribution in [0.25, 0.3) is 0 Å². The maximum absolute atomic E-state index is 11.3. The summed E-state index contributed by atoms with van der Waals surface area (Å²) in [5.74, 6) is 0.172. The zero-order valence-corrected chi connectivity index (χ0v) is 17.0. The number of hydrogen-bond donors (Lipinski definition) is 2. The van der Waals surface area contributed by atoms with Gasteiger partial charge in [-0.05, 0) is 44.7 Å². The van der Waals surface area contributed by atoms with E-state index in [-0.39, 0.29) is 12.0 Å². The van der Waals surface area contributed by atoms with E-state index in [0.29, 0.717) is 12.2 Å². The van der Waals surface area contributed by atoms with Gasteiger partial charge >= 0.3 is 0 Å². The Morgan fingerprint density at radius 1 is 0.731 bits per heavy atom. The van der Waals surface area contributed by atoms with E-state index in [2.05, 4.69) is 0 Å². The van der Waals surface area contributed by atoms with E-state index in [9.17, 15) is 5.11 Å². The molecule has 0 aliphatic heterocycles. The molecule has 2 aromatic carbocycles.